The molecule has 0 aliphatic carbocycles. The van der Waals surface area contributed by atoms with E-state index in [1.165, 1.54) is 24.3 Å². The molecule has 2 rings (SSSR count). The van der Waals surface area contributed by atoms with Gasteiger partial charge in [0.15, 0.2) is 0 Å². The number of carbonyl (C=O) groups excluding carboxylic acids is 2. The molecule has 1 heterocycles. The number of nitrogens with zero attached hydrogens (tertiary/aromatic N) is 1. The van der Waals surface area contributed by atoms with Crippen LogP contribution in [0.1, 0.15) is 22.6 Å². The molecule has 0 atom stereocenters. The van der Waals surface area contributed by atoms with Crippen molar-refractivity contribution in [1.29, 1.82) is 0 Å². The standard InChI is InChI=1S/C15H16FN3O3/c1-9-13(10(2)22-19-9)8-15(21)18-17-14(20)7-11-3-5-12(16)6-4-11/h3-6H,7-8H2,1-2H3,(H,17,20)(H,18,21). The van der Waals surface area contributed by atoms with Crippen LogP contribution < -0.4 is 10.9 Å². The maximum Gasteiger partial charge on any atom is 0.243 e. The van der Waals surface area contributed by atoms with E-state index in [1.54, 1.807) is 13.8 Å². The molecule has 116 valence electrons. The fourth-order valence-corrected chi connectivity index (χ4v) is 1.93. The second-order valence-corrected chi connectivity index (χ2v) is 4.88. The molecule has 2 aromatic rings. The van der Waals surface area contributed by atoms with Crippen molar-refractivity contribution in [3.05, 3.63) is 52.7 Å². The Balaban J connectivity index is 1.81. The number of benzene rings is 1. The third kappa shape index (κ3) is 4.15. The summed E-state index contributed by atoms with van der Waals surface area (Å²) in [6, 6.07) is 5.58. The lowest BCUT2D eigenvalue weighted by Gasteiger charge is -2.07. The molecule has 2 N–H and O–H groups in total. The summed E-state index contributed by atoms with van der Waals surface area (Å²) in [6.07, 6.45) is 0.115. The number of carbonyl (C=O) groups is 2. The highest BCUT2D eigenvalue weighted by molar-refractivity contribution is 5.84. The molecule has 1 aromatic heterocycles. The van der Waals surface area contributed by atoms with E-state index in [-0.39, 0.29) is 24.6 Å². The second kappa shape index (κ2) is 6.84. The van der Waals surface area contributed by atoms with Crippen molar-refractivity contribution in [2.75, 3.05) is 0 Å². The first-order chi connectivity index (χ1) is 10.5. The fourth-order valence-electron chi connectivity index (χ4n) is 1.93. The van der Waals surface area contributed by atoms with E-state index in [4.69, 9.17) is 4.52 Å². The lowest BCUT2D eigenvalue weighted by atomic mass is 10.1. The first-order valence-electron chi connectivity index (χ1n) is 6.69. The number of amides is 2. The Labute approximate surface area is 126 Å². The highest BCUT2D eigenvalue weighted by Crippen LogP contribution is 2.12. The highest BCUT2D eigenvalue weighted by atomic mass is 19.1. The Morgan fingerprint density at radius 2 is 1.68 bits per heavy atom. The number of aryl methyl sites for hydroxylation is 2. The van der Waals surface area contributed by atoms with Crippen LogP contribution in [0.2, 0.25) is 0 Å². The smallest absolute Gasteiger partial charge is 0.243 e. The topological polar surface area (TPSA) is 84.2 Å². The van der Waals surface area contributed by atoms with E-state index in [0.29, 0.717) is 22.6 Å². The molecule has 0 unspecified atom stereocenters. The van der Waals surface area contributed by atoms with Gasteiger partial charge in [0.1, 0.15) is 11.6 Å². The Bertz CT molecular complexity index is 660. The first kappa shape index (κ1) is 15.7. The molecule has 0 radical (unpaired) electrons. The predicted octanol–water partition coefficient (Wildman–Crippen LogP) is 1.36. The van der Waals surface area contributed by atoms with Gasteiger partial charge in [-0.05, 0) is 31.5 Å². The molecule has 0 aliphatic rings. The zero-order chi connectivity index (χ0) is 16.1. The third-order valence-corrected chi connectivity index (χ3v) is 3.14. The molecule has 0 spiro atoms. The maximum absolute atomic E-state index is 12.8. The van der Waals surface area contributed by atoms with Gasteiger partial charge >= 0.3 is 0 Å². The average Bonchev–Trinajstić information content (AvgIpc) is 2.79. The summed E-state index contributed by atoms with van der Waals surface area (Å²) >= 11 is 0. The molecule has 6 nitrogen and oxygen atoms in total. The summed E-state index contributed by atoms with van der Waals surface area (Å²) in [7, 11) is 0. The molecule has 1 aromatic carbocycles. The van der Waals surface area contributed by atoms with E-state index in [1.807, 2.05) is 0 Å². The summed E-state index contributed by atoms with van der Waals surface area (Å²) in [4.78, 5) is 23.5. The van der Waals surface area contributed by atoms with Gasteiger partial charge in [-0.3, -0.25) is 20.4 Å². The van der Waals surface area contributed by atoms with Crippen molar-refractivity contribution < 1.29 is 18.5 Å². The zero-order valence-corrected chi connectivity index (χ0v) is 12.3. The first-order valence-corrected chi connectivity index (χ1v) is 6.69. The molecule has 22 heavy (non-hydrogen) atoms. The fraction of sp³-hybridized carbons (Fsp3) is 0.267. The van der Waals surface area contributed by atoms with Crippen LogP contribution in [0.15, 0.2) is 28.8 Å². The molecule has 0 saturated carbocycles. The molecule has 0 aliphatic heterocycles. The van der Waals surface area contributed by atoms with E-state index in [0.717, 1.165) is 0 Å². The van der Waals surface area contributed by atoms with Gasteiger partial charge in [-0.15, -0.1) is 0 Å². The van der Waals surface area contributed by atoms with Crippen LogP contribution in [0.3, 0.4) is 0 Å². The highest BCUT2D eigenvalue weighted by Gasteiger charge is 2.14. The van der Waals surface area contributed by atoms with E-state index < -0.39 is 5.91 Å². The van der Waals surface area contributed by atoms with Gasteiger partial charge in [0.05, 0.1) is 18.5 Å². The lowest BCUT2D eigenvalue weighted by molar-refractivity contribution is -0.128. The number of aromatic nitrogens is 1. The molecule has 7 heteroatoms. The molecular formula is C15H16FN3O3. The van der Waals surface area contributed by atoms with Crippen LogP contribution in [0.4, 0.5) is 4.39 Å². The van der Waals surface area contributed by atoms with Crippen molar-refractivity contribution in [3.8, 4) is 0 Å². The number of hydrogen-bond donors (Lipinski definition) is 2. The van der Waals surface area contributed by atoms with Gasteiger partial charge in [-0.2, -0.15) is 0 Å². The molecular weight excluding hydrogens is 289 g/mol. The number of nitrogens with one attached hydrogen (secondary N) is 2. The number of rotatable bonds is 4. The Morgan fingerprint density at radius 1 is 1.09 bits per heavy atom. The van der Waals surface area contributed by atoms with Crippen LogP contribution in [-0.2, 0) is 22.4 Å². The lowest BCUT2D eigenvalue weighted by Crippen LogP contribution is -2.43. The Hall–Kier alpha value is -2.70. The van der Waals surface area contributed by atoms with Gasteiger partial charge in [-0.1, -0.05) is 17.3 Å². The van der Waals surface area contributed by atoms with Gasteiger partial charge < -0.3 is 4.52 Å². The van der Waals surface area contributed by atoms with Gasteiger partial charge in [0.25, 0.3) is 0 Å². The maximum atomic E-state index is 12.8. The van der Waals surface area contributed by atoms with Crippen LogP contribution in [0.5, 0.6) is 0 Å². The minimum atomic E-state index is -0.390. The van der Waals surface area contributed by atoms with E-state index in [2.05, 4.69) is 16.0 Å². The molecule has 0 bridgehead atoms. The van der Waals surface area contributed by atoms with Crippen molar-refractivity contribution in [3.63, 3.8) is 0 Å². The van der Waals surface area contributed by atoms with Crippen LogP contribution in [0.25, 0.3) is 0 Å². The quantitative estimate of drug-likeness (QED) is 0.835. The van der Waals surface area contributed by atoms with Crippen molar-refractivity contribution in [2.24, 2.45) is 0 Å². The van der Waals surface area contributed by atoms with Gasteiger partial charge in [-0.25, -0.2) is 4.39 Å². The Kier molecular flexibility index (Phi) is 4.88. The number of hydrogen-bond acceptors (Lipinski definition) is 4. The molecule has 0 fully saturated rings. The summed E-state index contributed by atoms with van der Waals surface area (Å²) in [5, 5.41) is 3.75. The number of hydrazine groups is 1. The minimum Gasteiger partial charge on any atom is -0.361 e. The summed E-state index contributed by atoms with van der Waals surface area (Å²) in [5.74, 6) is -0.553. The van der Waals surface area contributed by atoms with Crippen LogP contribution >= 0.6 is 0 Å². The minimum absolute atomic E-state index is 0.0475. The summed E-state index contributed by atoms with van der Waals surface area (Å²) < 4.78 is 17.7. The van der Waals surface area contributed by atoms with Crippen molar-refractivity contribution in [1.82, 2.24) is 16.0 Å². The van der Waals surface area contributed by atoms with Crippen LogP contribution in [-0.4, -0.2) is 17.0 Å². The van der Waals surface area contributed by atoms with Crippen molar-refractivity contribution >= 4 is 11.8 Å². The summed E-state index contributed by atoms with van der Waals surface area (Å²) in [6.45, 7) is 3.46. The SMILES string of the molecule is Cc1noc(C)c1CC(=O)NNC(=O)Cc1ccc(F)cc1. The van der Waals surface area contributed by atoms with Gasteiger partial charge in [0, 0.05) is 5.56 Å². The van der Waals surface area contributed by atoms with Crippen molar-refractivity contribution in [2.45, 2.75) is 26.7 Å². The number of halogens is 1. The molecule has 0 saturated heterocycles. The Morgan fingerprint density at radius 3 is 2.23 bits per heavy atom. The zero-order valence-electron chi connectivity index (χ0n) is 12.3. The summed E-state index contributed by atoms with van der Waals surface area (Å²) in [5.41, 5.74) is 6.63. The normalized spacial score (nSPS) is 10.3. The van der Waals surface area contributed by atoms with Gasteiger partial charge in [0.2, 0.25) is 11.8 Å². The average molecular weight is 305 g/mol. The monoisotopic (exact) mass is 305 g/mol. The third-order valence-electron chi connectivity index (χ3n) is 3.14. The predicted molar refractivity (Wildman–Crippen MR) is 76.1 cm³/mol. The second-order valence-electron chi connectivity index (χ2n) is 4.88. The largest absolute Gasteiger partial charge is 0.361 e. The van der Waals surface area contributed by atoms with E-state index >= 15 is 0 Å². The van der Waals surface area contributed by atoms with E-state index in [9.17, 15) is 14.0 Å². The molecule has 2 amide bonds. The van der Waals surface area contributed by atoms with Crippen LogP contribution in [0, 0.1) is 19.7 Å².